The van der Waals surface area contributed by atoms with E-state index in [1.54, 1.807) is 24.0 Å². The van der Waals surface area contributed by atoms with Gasteiger partial charge in [-0.3, -0.25) is 14.6 Å². The van der Waals surface area contributed by atoms with Crippen molar-refractivity contribution in [2.24, 2.45) is 7.05 Å². The average Bonchev–Trinajstić information content (AvgIpc) is 2.75. The first-order chi connectivity index (χ1) is 7.16. The Morgan fingerprint density at radius 3 is 3.00 bits per heavy atom. The number of hydrogen-bond acceptors (Lipinski definition) is 3. The van der Waals surface area contributed by atoms with Crippen molar-refractivity contribution in [3.63, 3.8) is 0 Å². The van der Waals surface area contributed by atoms with Crippen LogP contribution in [-0.2, 0) is 7.05 Å². The van der Waals surface area contributed by atoms with Gasteiger partial charge in [-0.05, 0) is 0 Å². The fourth-order valence-electron chi connectivity index (χ4n) is 1.09. The maximum atomic E-state index is 11.6. The van der Waals surface area contributed by atoms with Gasteiger partial charge in [0.1, 0.15) is 5.69 Å². The summed E-state index contributed by atoms with van der Waals surface area (Å²) in [6.45, 7) is 0. The Morgan fingerprint density at radius 1 is 1.67 bits per heavy atom. The molecule has 6 nitrogen and oxygen atoms in total. The maximum absolute atomic E-state index is 11.6. The van der Waals surface area contributed by atoms with Crippen LogP contribution in [0, 0.1) is 0 Å². The highest BCUT2D eigenvalue weighted by atomic mass is 35.5. The summed E-state index contributed by atoms with van der Waals surface area (Å²) in [5.41, 5.74) is 0.224. The van der Waals surface area contributed by atoms with Gasteiger partial charge in [-0.1, -0.05) is 11.6 Å². The van der Waals surface area contributed by atoms with E-state index in [2.05, 4.69) is 20.6 Å². The van der Waals surface area contributed by atoms with E-state index in [4.69, 9.17) is 11.6 Å². The van der Waals surface area contributed by atoms with Crippen molar-refractivity contribution in [2.45, 2.75) is 0 Å². The molecule has 0 atom stereocenters. The topological polar surface area (TPSA) is 75.6 Å². The number of carbonyl (C=O) groups excluding carboxylic acids is 1. The third-order valence-corrected chi connectivity index (χ3v) is 2.06. The molecular weight excluding hydrogens is 218 g/mol. The Kier molecular flexibility index (Phi) is 2.42. The molecule has 78 valence electrons. The lowest BCUT2D eigenvalue weighted by Gasteiger charge is -1.98. The molecule has 0 aromatic carbocycles. The van der Waals surface area contributed by atoms with Crippen LogP contribution in [0.15, 0.2) is 18.5 Å². The van der Waals surface area contributed by atoms with Gasteiger partial charge in [0.15, 0.2) is 5.82 Å². The Hall–Kier alpha value is -1.82. The summed E-state index contributed by atoms with van der Waals surface area (Å²) >= 11 is 5.73. The first-order valence-corrected chi connectivity index (χ1v) is 4.54. The van der Waals surface area contributed by atoms with Crippen LogP contribution in [0.1, 0.15) is 10.5 Å². The number of H-pyrrole nitrogens is 1. The Bertz CT molecular complexity index is 489. The highest BCUT2D eigenvalue weighted by Crippen LogP contribution is 2.13. The first-order valence-electron chi connectivity index (χ1n) is 4.16. The quantitative estimate of drug-likeness (QED) is 0.802. The molecule has 2 N–H and O–H groups in total. The zero-order valence-electron chi connectivity index (χ0n) is 7.86. The fourth-order valence-corrected chi connectivity index (χ4v) is 1.27. The summed E-state index contributed by atoms with van der Waals surface area (Å²) in [7, 11) is 1.76. The lowest BCUT2D eigenvalue weighted by atomic mass is 10.4. The molecule has 0 saturated carbocycles. The van der Waals surface area contributed by atoms with Crippen LogP contribution in [0.3, 0.4) is 0 Å². The van der Waals surface area contributed by atoms with Gasteiger partial charge in [0.2, 0.25) is 0 Å². The molecule has 0 unspecified atom stereocenters. The van der Waals surface area contributed by atoms with Gasteiger partial charge < -0.3 is 5.32 Å². The maximum Gasteiger partial charge on any atom is 0.276 e. The van der Waals surface area contributed by atoms with Gasteiger partial charge in [0, 0.05) is 19.3 Å². The van der Waals surface area contributed by atoms with Crippen molar-refractivity contribution in [3.8, 4) is 0 Å². The minimum atomic E-state index is -0.365. The van der Waals surface area contributed by atoms with E-state index in [1.165, 1.54) is 6.20 Å². The van der Waals surface area contributed by atoms with E-state index in [0.717, 1.165) is 0 Å². The summed E-state index contributed by atoms with van der Waals surface area (Å²) in [5, 5.41) is 13.0. The van der Waals surface area contributed by atoms with Gasteiger partial charge in [-0.2, -0.15) is 10.2 Å². The number of aromatic amines is 1. The van der Waals surface area contributed by atoms with Crippen LogP contribution in [0.25, 0.3) is 0 Å². The number of halogens is 1. The minimum Gasteiger partial charge on any atom is -0.304 e. The molecule has 0 saturated heterocycles. The molecule has 7 heteroatoms. The van der Waals surface area contributed by atoms with E-state index < -0.39 is 0 Å². The summed E-state index contributed by atoms with van der Waals surface area (Å²) in [6, 6.07) is 1.68. The minimum absolute atomic E-state index is 0.224. The fraction of sp³-hybridized carbons (Fsp3) is 0.125. The number of rotatable bonds is 2. The van der Waals surface area contributed by atoms with Gasteiger partial charge in [0.05, 0.1) is 11.2 Å². The molecule has 2 rings (SSSR count). The molecule has 0 aliphatic rings. The third-order valence-electron chi connectivity index (χ3n) is 1.78. The predicted octanol–water partition coefficient (Wildman–Crippen LogP) is 1.05. The zero-order valence-corrected chi connectivity index (χ0v) is 8.62. The summed E-state index contributed by atoms with van der Waals surface area (Å²) in [4.78, 5) is 11.6. The van der Waals surface area contributed by atoms with Crippen molar-refractivity contribution in [1.29, 1.82) is 0 Å². The molecular formula is C8H8ClN5O. The lowest BCUT2D eigenvalue weighted by Crippen LogP contribution is -2.13. The van der Waals surface area contributed by atoms with Crippen LogP contribution >= 0.6 is 11.6 Å². The second kappa shape index (κ2) is 3.74. The monoisotopic (exact) mass is 225 g/mol. The molecule has 0 aliphatic carbocycles. The van der Waals surface area contributed by atoms with Crippen LogP contribution in [0.5, 0.6) is 0 Å². The number of anilines is 1. The number of carbonyl (C=O) groups is 1. The normalized spacial score (nSPS) is 10.3. The van der Waals surface area contributed by atoms with Gasteiger partial charge >= 0.3 is 0 Å². The Morgan fingerprint density at radius 2 is 2.47 bits per heavy atom. The van der Waals surface area contributed by atoms with Crippen molar-refractivity contribution in [3.05, 3.63) is 29.2 Å². The molecule has 1 amide bonds. The Labute approximate surface area is 90.2 Å². The van der Waals surface area contributed by atoms with Crippen molar-refractivity contribution >= 4 is 23.3 Å². The van der Waals surface area contributed by atoms with Crippen LogP contribution in [-0.4, -0.2) is 25.9 Å². The lowest BCUT2D eigenvalue weighted by molar-refractivity contribution is 0.102. The molecule has 2 aromatic rings. The summed E-state index contributed by atoms with van der Waals surface area (Å²) in [6.07, 6.45) is 3.10. The van der Waals surface area contributed by atoms with E-state index in [9.17, 15) is 4.79 Å². The van der Waals surface area contributed by atoms with Crippen LogP contribution < -0.4 is 5.32 Å². The summed E-state index contributed by atoms with van der Waals surface area (Å²) in [5.74, 6) is 0.101. The van der Waals surface area contributed by atoms with Crippen molar-refractivity contribution in [1.82, 2.24) is 20.0 Å². The molecule has 15 heavy (non-hydrogen) atoms. The second-order valence-electron chi connectivity index (χ2n) is 2.92. The number of hydrogen-bond donors (Lipinski definition) is 2. The molecule has 0 aliphatic heterocycles. The number of aryl methyl sites for hydroxylation is 1. The number of nitrogens with zero attached hydrogens (tertiary/aromatic N) is 3. The SMILES string of the molecule is Cn1ccc(NC(=O)c2[nH]ncc2Cl)n1. The molecule has 0 fully saturated rings. The Balaban J connectivity index is 2.14. The van der Waals surface area contributed by atoms with E-state index in [-0.39, 0.29) is 16.6 Å². The number of nitrogens with one attached hydrogen (secondary N) is 2. The highest BCUT2D eigenvalue weighted by Gasteiger charge is 2.13. The predicted molar refractivity (Wildman–Crippen MR) is 54.8 cm³/mol. The molecule has 2 heterocycles. The van der Waals surface area contributed by atoms with Crippen molar-refractivity contribution < 1.29 is 4.79 Å². The van der Waals surface area contributed by atoms with Gasteiger partial charge in [-0.25, -0.2) is 0 Å². The number of amides is 1. The van der Waals surface area contributed by atoms with Gasteiger partial charge in [-0.15, -0.1) is 0 Å². The smallest absolute Gasteiger partial charge is 0.276 e. The van der Waals surface area contributed by atoms with E-state index >= 15 is 0 Å². The molecule has 0 radical (unpaired) electrons. The zero-order chi connectivity index (χ0) is 10.8. The summed E-state index contributed by atoms with van der Waals surface area (Å²) < 4.78 is 1.59. The molecule has 2 aromatic heterocycles. The van der Waals surface area contributed by atoms with Crippen LogP contribution in [0.4, 0.5) is 5.82 Å². The first kappa shape index (κ1) is 9.72. The number of aromatic nitrogens is 4. The third kappa shape index (κ3) is 1.99. The van der Waals surface area contributed by atoms with Crippen LogP contribution in [0.2, 0.25) is 5.02 Å². The van der Waals surface area contributed by atoms with E-state index in [1.807, 2.05) is 0 Å². The standard InChI is InChI=1S/C8H8ClN5O/c1-14-3-2-6(13-14)11-8(15)7-5(9)4-10-12-7/h2-4H,1H3,(H,10,12)(H,11,13,15). The largest absolute Gasteiger partial charge is 0.304 e. The van der Waals surface area contributed by atoms with Crippen molar-refractivity contribution in [2.75, 3.05) is 5.32 Å². The molecule has 0 bridgehead atoms. The van der Waals surface area contributed by atoms with E-state index in [0.29, 0.717) is 5.82 Å². The average molecular weight is 226 g/mol. The second-order valence-corrected chi connectivity index (χ2v) is 3.33. The molecule has 0 spiro atoms. The van der Waals surface area contributed by atoms with Gasteiger partial charge in [0.25, 0.3) is 5.91 Å². The highest BCUT2D eigenvalue weighted by molar-refractivity contribution is 6.33.